The van der Waals surface area contributed by atoms with E-state index in [-0.39, 0.29) is 19.3 Å². The van der Waals surface area contributed by atoms with E-state index in [1.807, 2.05) is 0 Å². The van der Waals surface area contributed by atoms with Gasteiger partial charge in [-0.3, -0.25) is 9.59 Å². The largest absolute Gasteiger partial charge is 0.481 e. The molecular weight excluding hydrogens is 192 g/mol. The second-order valence-electron chi connectivity index (χ2n) is 2.90. The number of hydrogen-bond donors (Lipinski definition) is 2. The lowest BCUT2D eigenvalue weighted by Crippen LogP contribution is -2.30. The molecule has 0 saturated heterocycles. The summed E-state index contributed by atoms with van der Waals surface area (Å²) in [6.07, 6.45) is -1.26. The van der Waals surface area contributed by atoms with Gasteiger partial charge in [0, 0.05) is 12.3 Å². The molecule has 0 bridgehead atoms. The van der Waals surface area contributed by atoms with Crippen LogP contribution in [0, 0.1) is 5.92 Å². The van der Waals surface area contributed by atoms with Crippen molar-refractivity contribution < 1.29 is 29.3 Å². The van der Waals surface area contributed by atoms with Gasteiger partial charge in [-0.1, -0.05) is 6.92 Å². The summed E-state index contributed by atoms with van der Waals surface area (Å²) < 4.78 is 4.32. The molecule has 2 atom stereocenters. The second kappa shape index (κ2) is 5.95. The van der Waals surface area contributed by atoms with E-state index < -0.39 is 24.0 Å². The minimum atomic E-state index is -1.27. The lowest BCUT2D eigenvalue weighted by molar-refractivity contribution is -0.160. The lowest BCUT2D eigenvalue weighted by atomic mass is 9.99. The number of hydrogen-bond acceptors (Lipinski definition) is 4. The maximum Gasteiger partial charge on any atom is 0.345 e. The monoisotopic (exact) mass is 204 g/mol. The highest BCUT2D eigenvalue weighted by atomic mass is 16.5. The molecule has 0 radical (unpaired) electrons. The Morgan fingerprint density at radius 3 is 2.36 bits per heavy atom. The van der Waals surface area contributed by atoms with Crippen LogP contribution in [0.4, 0.5) is 0 Å². The molecule has 0 rings (SSSR count). The van der Waals surface area contributed by atoms with Gasteiger partial charge < -0.3 is 14.9 Å². The molecule has 0 aliphatic carbocycles. The van der Waals surface area contributed by atoms with Crippen molar-refractivity contribution in [2.75, 3.05) is 0 Å². The molecule has 6 nitrogen and oxygen atoms in total. The van der Waals surface area contributed by atoms with Crippen LogP contribution in [-0.4, -0.2) is 34.7 Å². The molecule has 0 saturated carbocycles. The zero-order valence-corrected chi connectivity index (χ0v) is 7.67. The van der Waals surface area contributed by atoms with Gasteiger partial charge in [0.2, 0.25) is 6.10 Å². The van der Waals surface area contributed by atoms with Gasteiger partial charge >= 0.3 is 11.9 Å². The molecule has 2 N–H and O–H groups in total. The Bertz CT molecular complexity index is 224. The van der Waals surface area contributed by atoms with Crippen LogP contribution in [0.25, 0.3) is 0 Å². The lowest BCUT2D eigenvalue weighted by Gasteiger charge is -2.17. The fourth-order valence-corrected chi connectivity index (χ4v) is 0.998. The molecular formula is C8H12O6. The molecule has 0 aromatic carbocycles. The number of carboxylic acids is 2. The number of aliphatic carboxylic acids is 2. The minimum absolute atomic E-state index is 0.0516. The zero-order valence-electron chi connectivity index (χ0n) is 7.67. The van der Waals surface area contributed by atoms with Crippen molar-refractivity contribution in [3.05, 3.63) is 0 Å². The normalized spacial score (nSPS) is 14.1. The molecule has 0 aromatic rings. The molecule has 80 valence electrons. The van der Waals surface area contributed by atoms with E-state index >= 15 is 0 Å². The van der Waals surface area contributed by atoms with Crippen LogP contribution in [0.2, 0.25) is 0 Å². The van der Waals surface area contributed by atoms with Gasteiger partial charge in [-0.25, -0.2) is 4.79 Å². The van der Waals surface area contributed by atoms with E-state index in [9.17, 15) is 14.4 Å². The maximum atomic E-state index is 10.5. The van der Waals surface area contributed by atoms with Crippen molar-refractivity contribution in [3.63, 3.8) is 0 Å². The number of carbonyl (C=O) groups is 3. The summed E-state index contributed by atoms with van der Waals surface area (Å²) in [6, 6.07) is 0. The molecule has 14 heavy (non-hydrogen) atoms. The highest BCUT2D eigenvalue weighted by molar-refractivity contribution is 5.74. The number of carboxylic acid groups (broad SMARTS) is 2. The van der Waals surface area contributed by atoms with Crippen LogP contribution in [0.15, 0.2) is 0 Å². The summed E-state index contributed by atoms with van der Waals surface area (Å²) in [6.45, 7) is 1.57. The van der Waals surface area contributed by atoms with Crippen LogP contribution < -0.4 is 0 Å². The van der Waals surface area contributed by atoms with Gasteiger partial charge in [0.25, 0.3) is 6.47 Å². The Balaban J connectivity index is 4.14. The molecule has 6 heteroatoms. The summed E-state index contributed by atoms with van der Waals surface area (Å²) in [5.41, 5.74) is 0. The Labute approximate surface area is 80.5 Å². The van der Waals surface area contributed by atoms with Crippen LogP contribution >= 0.6 is 0 Å². The van der Waals surface area contributed by atoms with Gasteiger partial charge in [0.15, 0.2) is 0 Å². The van der Waals surface area contributed by atoms with Crippen molar-refractivity contribution >= 4 is 18.4 Å². The Morgan fingerprint density at radius 2 is 2.00 bits per heavy atom. The Morgan fingerprint density at radius 1 is 1.43 bits per heavy atom. The Kier molecular flexibility index (Phi) is 5.28. The highest BCUT2D eigenvalue weighted by Gasteiger charge is 2.26. The first-order valence-electron chi connectivity index (χ1n) is 4.02. The Hall–Kier alpha value is -1.59. The van der Waals surface area contributed by atoms with E-state index in [1.165, 1.54) is 6.92 Å². The van der Waals surface area contributed by atoms with Gasteiger partial charge in [-0.2, -0.15) is 0 Å². The minimum Gasteiger partial charge on any atom is -0.481 e. The van der Waals surface area contributed by atoms with Gasteiger partial charge in [-0.15, -0.1) is 0 Å². The third kappa shape index (κ3) is 4.44. The molecule has 0 heterocycles. The van der Waals surface area contributed by atoms with Crippen LogP contribution in [0.5, 0.6) is 0 Å². The van der Waals surface area contributed by atoms with Crippen molar-refractivity contribution in [1.82, 2.24) is 0 Å². The quantitative estimate of drug-likeness (QED) is 0.571. The smallest absolute Gasteiger partial charge is 0.345 e. The topological polar surface area (TPSA) is 101 Å². The van der Waals surface area contributed by atoms with Crippen LogP contribution in [0.3, 0.4) is 0 Å². The number of rotatable bonds is 7. The maximum absolute atomic E-state index is 10.5. The van der Waals surface area contributed by atoms with Crippen molar-refractivity contribution in [2.24, 2.45) is 5.92 Å². The molecule has 2 unspecified atom stereocenters. The highest BCUT2D eigenvalue weighted by Crippen LogP contribution is 2.13. The summed E-state index contributed by atoms with van der Waals surface area (Å²) in [5.74, 6) is -2.80. The summed E-state index contributed by atoms with van der Waals surface area (Å²) in [4.78, 5) is 30.7. The van der Waals surface area contributed by atoms with Gasteiger partial charge in [0.1, 0.15) is 0 Å². The summed E-state index contributed by atoms with van der Waals surface area (Å²) >= 11 is 0. The third-order valence-corrected chi connectivity index (χ3v) is 1.78. The fourth-order valence-electron chi connectivity index (χ4n) is 0.998. The zero-order chi connectivity index (χ0) is 11.1. The summed E-state index contributed by atoms with van der Waals surface area (Å²) in [5, 5.41) is 17.0. The molecule has 0 aromatic heterocycles. The second-order valence-corrected chi connectivity index (χ2v) is 2.90. The first-order valence-corrected chi connectivity index (χ1v) is 4.02. The third-order valence-electron chi connectivity index (χ3n) is 1.78. The predicted molar refractivity (Wildman–Crippen MR) is 44.6 cm³/mol. The van der Waals surface area contributed by atoms with Crippen molar-refractivity contribution in [2.45, 2.75) is 25.9 Å². The van der Waals surface area contributed by atoms with E-state index in [4.69, 9.17) is 10.2 Å². The fraction of sp³-hybridized carbons (Fsp3) is 0.625. The number of ether oxygens (including phenoxy) is 1. The van der Waals surface area contributed by atoms with E-state index in [0.717, 1.165) is 0 Å². The predicted octanol–water partition coefficient (Wildman–Crippen LogP) is 0.114. The molecule has 0 aliphatic rings. The van der Waals surface area contributed by atoms with Crippen LogP contribution in [-0.2, 0) is 19.1 Å². The van der Waals surface area contributed by atoms with Gasteiger partial charge in [0.05, 0.1) is 0 Å². The molecule has 0 amide bonds. The van der Waals surface area contributed by atoms with Gasteiger partial charge in [-0.05, 0) is 6.42 Å². The van der Waals surface area contributed by atoms with Crippen LogP contribution in [0.1, 0.15) is 19.8 Å². The number of carbonyl (C=O) groups excluding carboxylic acids is 1. The van der Waals surface area contributed by atoms with E-state index in [0.29, 0.717) is 0 Å². The van der Waals surface area contributed by atoms with E-state index in [1.54, 1.807) is 0 Å². The van der Waals surface area contributed by atoms with Crippen molar-refractivity contribution in [1.29, 1.82) is 0 Å². The molecule has 0 spiro atoms. The summed E-state index contributed by atoms with van der Waals surface area (Å²) in [7, 11) is 0. The average molecular weight is 204 g/mol. The SMILES string of the molecule is CC(CCC(=O)O)C(OC=O)C(=O)O. The molecule has 0 fully saturated rings. The average Bonchev–Trinajstić information content (AvgIpc) is 2.09. The van der Waals surface area contributed by atoms with Crippen molar-refractivity contribution in [3.8, 4) is 0 Å². The van der Waals surface area contributed by atoms with E-state index in [2.05, 4.69) is 4.74 Å². The standard InChI is InChI=1S/C8H12O6/c1-5(2-3-6(10)11)7(8(12)13)14-4-9/h4-5,7H,2-3H2,1H3,(H,10,11)(H,12,13). The first kappa shape index (κ1) is 12.4. The molecule has 0 aliphatic heterocycles. The first-order chi connectivity index (χ1) is 6.49.